The zero-order valence-electron chi connectivity index (χ0n) is 17.2. The van der Waals surface area contributed by atoms with E-state index in [1.807, 2.05) is 38.1 Å². The van der Waals surface area contributed by atoms with Gasteiger partial charge in [0.25, 0.3) is 0 Å². The Labute approximate surface area is 178 Å². The minimum absolute atomic E-state index is 0.570. The van der Waals surface area contributed by atoms with Gasteiger partial charge in [0, 0.05) is 49.1 Å². The van der Waals surface area contributed by atoms with Crippen molar-refractivity contribution in [1.82, 2.24) is 4.90 Å². The average Bonchev–Trinajstić information content (AvgIpc) is 2.74. The van der Waals surface area contributed by atoms with Crippen molar-refractivity contribution in [3.8, 4) is 5.75 Å². The Balaban J connectivity index is 0.00000145. The second-order valence-corrected chi connectivity index (χ2v) is 6.96. The zero-order valence-corrected chi connectivity index (χ0v) is 18.0. The summed E-state index contributed by atoms with van der Waals surface area (Å²) in [5.74, 6) is 0.789. The first kappa shape index (κ1) is 22.8. The highest BCUT2D eigenvalue weighted by molar-refractivity contribution is 6.30. The lowest BCUT2D eigenvalue weighted by atomic mass is 10.2. The number of ether oxygens (including phenoxy) is 1. The van der Waals surface area contributed by atoms with Gasteiger partial charge in [0.15, 0.2) is 0 Å². The molecule has 1 heterocycles. The molecular weight excluding hydrogens is 388 g/mol. The van der Waals surface area contributed by atoms with Crippen LogP contribution in [-0.2, 0) is 0 Å². The molecule has 0 spiro atoms. The number of carbonyl (C=O) groups excluding carboxylic acids is 1. The Bertz CT molecular complexity index is 729. The van der Waals surface area contributed by atoms with E-state index in [9.17, 15) is 4.79 Å². The largest absolute Gasteiger partial charge is 0.494 e. The molecule has 0 atom stereocenters. The van der Waals surface area contributed by atoms with Gasteiger partial charge in [0.05, 0.1) is 6.61 Å². The molecular formula is C22H31ClN4O2. The number of urea groups is 1. The van der Waals surface area contributed by atoms with Crippen LogP contribution in [0.15, 0.2) is 48.5 Å². The third-order valence-corrected chi connectivity index (χ3v) is 4.83. The summed E-state index contributed by atoms with van der Waals surface area (Å²) in [5, 5.41) is 3.30. The molecule has 1 aliphatic heterocycles. The van der Waals surface area contributed by atoms with E-state index in [1.54, 1.807) is 12.1 Å². The summed E-state index contributed by atoms with van der Waals surface area (Å²) in [6.45, 7) is 9.84. The number of rotatable bonds is 7. The molecule has 6 nitrogen and oxygen atoms in total. The van der Waals surface area contributed by atoms with E-state index in [0.29, 0.717) is 12.3 Å². The quantitative estimate of drug-likeness (QED) is 0.652. The van der Waals surface area contributed by atoms with Gasteiger partial charge in [0.2, 0.25) is 0 Å². The van der Waals surface area contributed by atoms with Crippen molar-refractivity contribution in [2.45, 2.75) is 20.3 Å². The highest BCUT2D eigenvalue weighted by atomic mass is 35.5. The first-order valence-electron chi connectivity index (χ1n) is 10.1. The van der Waals surface area contributed by atoms with Crippen LogP contribution in [0, 0.1) is 0 Å². The molecule has 2 aromatic carbocycles. The molecule has 2 aromatic rings. The van der Waals surface area contributed by atoms with Gasteiger partial charge < -0.3 is 20.7 Å². The highest BCUT2D eigenvalue weighted by Crippen LogP contribution is 2.19. The number of primary amides is 1. The predicted octanol–water partition coefficient (Wildman–Crippen LogP) is 4.45. The number of piperazine rings is 1. The summed E-state index contributed by atoms with van der Waals surface area (Å²) in [7, 11) is 0. The second kappa shape index (κ2) is 12.2. The van der Waals surface area contributed by atoms with Crippen LogP contribution in [-0.4, -0.2) is 50.3 Å². The third kappa shape index (κ3) is 7.83. The molecule has 0 aromatic heterocycles. The second-order valence-electron chi connectivity index (χ2n) is 6.52. The van der Waals surface area contributed by atoms with Gasteiger partial charge in [0.1, 0.15) is 5.75 Å². The van der Waals surface area contributed by atoms with Crippen LogP contribution < -0.4 is 20.7 Å². The number of anilines is 2. The molecule has 158 valence electrons. The first-order chi connectivity index (χ1) is 14.1. The Kier molecular flexibility index (Phi) is 9.60. The molecule has 0 unspecified atom stereocenters. The number of carbonyl (C=O) groups is 1. The van der Waals surface area contributed by atoms with Crippen LogP contribution in [0.5, 0.6) is 5.75 Å². The molecule has 3 rings (SSSR count). The lowest BCUT2D eigenvalue weighted by Crippen LogP contribution is -2.46. The summed E-state index contributed by atoms with van der Waals surface area (Å²) in [6, 6.07) is 14.7. The van der Waals surface area contributed by atoms with Gasteiger partial charge in [-0.2, -0.15) is 0 Å². The lowest BCUT2D eigenvalue weighted by molar-refractivity contribution is 0.225. The molecule has 2 amide bonds. The maximum Gasteiger partial charge on any atom is 0.316 e. The van der Waals surface area contributed by atoms with E-state index >= 15 is 0 Å². The Morgan fingerprint density at radius 2 is 1.66 bits per heavy atom. The Morgan fingerprint density at radius 3 is 2.24 bits per heavy atom. The summed E-state index contributed by atoms with van der Waals surface area (Å²) >= 11 is 5.96. The van der Waals surface area contributed by atoms with Crippen LogP contribution in [0.25, 0.3) is 0 Å². The summed E-state index contributed by atoms with van der Waals surface area (Å²) < 4.78 is 5.77. The minimum atomic E-state index is -0.570. The van der Waals surface area contributed by atoms with E-state index in [4.69, 9.17) is 22.1 Å². The van der Waals surface area contributed by atoms with Crippen molar-refractivity contribution in [1.29, 1.82) is 0 Å². The molecule has 1 aliphatic rings. The number of amides is 2. The van der Waals surface area contributed by atoms with Crippen LogP contribution in [0.2, 0.25) is 5.02 Å². The van der Waals surface area contributed by atoms with Gasteiger partial charge in [-0.1, -0.05) is 25.4 Å². The summed E-state index contributed by atoms with van der Waals surface area (Å²) in [4.78, 5) is 15.7. The number of hydrogen-bond donors (Lipinski definition) is 2. The van der Waals surface area contributed by atoms with Crippen LogP contribution >= 0.6 is 11.6 Å². The molecule has 1 saturated heterocycles. The molecule has 0 saturated carbocycles. The smallest absolute Gasteiger partial charge is 0.316 e. The van der Waals surface area contributed by atoms with Crippen LogP contribution in [0.4, 0.5) is 16.2 Å². The molecule has 0 bridgehead atoms. The van der Waals surface area contributed by atoms with Gasteiger partial charge >= 0.3 is 6.03 Å². The fourth-order valence-electron chi connectivity index (χ4n) is 3.14. The Hall–Kier alpha value is -2.44. The summed E-state index contributed by atoms with van der Waals surface area (Å²) in [6.07, 6.45) is 0.974. The van der Waals surface area contributed by atoms with Crippen molar-refractivity contribution < 1.29 is 9.53 Å². The number of halogens is 1. The maximum absolute atomic E-state index is 10.8. The van der Waals surface area contributed by atoms with Crippen molar-refractivity contribution >= 4 is 29.0 Å². The molecule has 3 N–H and O–H groups in total. The topological polar surface area (TPSA) is 70.8 Å². The van der Waals surface area contributed by atoms with Crippen LogP contribution in [0.1, 0.15) is 20.3 Å². The minimum Gasteiger partial charge on any atom is -0.494 e. The first-order valence-corrected chi connectivity index (χ1v) is 10.5. The number of nitrogens with two attached hydrogens (primary N) is 1. The number of hydrogen-bond acceptors (Lipinski definition) is 4. The van der Waals surface area contributed by atoms with Gasteiger partial charge in [-0.05, 0) is 55.0 Å². The number of benzene rings is 2. The van der Waals surface area contributed by atoms with Crippen molar-refractivity contribution in [2.75, 3.05) is 49.5 Å². The monoisotopic (exact) mass is 418 g/mol. The lowest BCUT2D eigenvalue weighted by Gasteiger charge is -2.36. The SMILES string of the molecule is CC.NC(=O)Nc1ccc(OCCCN2CCN(c3ccc(Cl)cc3)CC2)cc1. The Morgan fingerprint density at radius 1 is 1.03 bits per heavy atom. The van der Waals surface area contributed by atoms with Gasteiger partial charge in [-0.15, -0.1) is 0 Å². The molecule has 7 heteroatoms. The molecule has 1 fully saturated rings. The van der Waals surface area contributed by atoms with E-state index in [-0.39, 0.29) is 0 Å². The summed E-state index contributed by atoms with van der Waals surface area (Å²) in [5.41, 5.74) is 6.98. The zero-order chi connectivity index (χ0) is 21.1. The van der Waals surface area contributed by atoms with Crippen LogP contribution in [0.3, 0.4) is 0 Å². The van der Waals surface area contributed by atoms with E-state index < -0.39 is 6.03 Å². The van der Waals surface area contributed by atoms with Crippen molar-refractivity contribution in [3.05, 3.63) is 53.6 Å². The fourth-order valence-corrected chi connectivity index (χ4v) is 3.26. The standard InChI is InChI=1S/C20H25ClN4O2.C2H6/c21-16-2-6-18(7-3-16)25-13-11-24(12-14-25)10-1-15-27-19-8-4-17(5-9-19)23-20(22)26;1-2/h2-9H,1,10-15H2,(H3,22,23,26);1-2H3. The third-order valence-electron chi connectivity index (χ3n) is 4.57. The predicted molar refractivity (Wildman–Crippen MR) is 121 cm³/mol. The van der Waals surface area contributed by atoms with Crippen molar-refractivity contribution in [2.24, 2.45) is 5.73 Å². The van der Waals surface area contributed by atoms with E-state index in [0.717, 1.165) is 49.9 Å². The molecule has 0 radical (unpaired) electrons. The highest BCUT2D eigenvalue weighted by Gasteiger charge is 2.16. The number of nitrogens with zero attached hydrogens (tertiary/aromatic N) is 2. The molecule has 0 aliphatic carbocycles. The van der Waals surface area contributed by atoms with Gasteiger partial charge in [-0.25, -0.2) is 4.79 Å². The van der Waals surface area contributed by atoms with Crippen molar-refractivity contribution in [3.63, 3.8) is 0 Å². The van der Waals surface area contributed by atoms with E-state index in [2.05, 4.69) is 27.2 Å². The van der Waals surface area contributed by atoms with Gasteiger partial charge in [-0.3, -0.25) is 4.90 Å². The maximum atomic E-state index is 10.8. The fraction of sp³-hybridized carbons (Fsp3) is 0.409. The van der Waals surface area contributed by atoms with E-state index in [1.165, 1.54) is 5.69 Å². The average molecular weight is 419 g/mol. The normalized spacial score (nSPS) is 14.0. The number of nitrogens with one attached hydrogen (secondary N) is 1. The molecule has 29 heavy (non-hydrogen) atoms.